The summed E-state index contributed by atoms with van der Waals surface area (Å²) in [5, 5.41) is 9.06. The molecular weight excluding hydrogens is 237 g/mol. The average molecular weight is 243 g/mol. The summed E-state index contributed by atoms with van der Waals surface area (Å²) in [4.78, 5) is 0. The number of benzene rings is 1. The first-order chi connectivity index (χ1) is 5.74. The molecule has 1 aromatic rings. The molecule has 1 aromatic carbocycles. The minimum atomic E-state index is 0.691. The van der Waals surface area contributed by atoms with Gasteiger partial charge in [-0.3, -0.25) is 0 Å². The molecular formula is C9H5BrClN. The maximum atomic E-state index is 8.37. The summed E-state index contributed by atoms with van der Waals surface area (Å²) in [7, 11) is 0. The van der Waals surface area contributed by atoms with E-state index in [0.717, 1.165) is 10.0 Å². The Balaban J connectivity index is 2.99. The summed E-state index contributed by atoms with van der Waals surface area (Å²) in [6, 6.07) is 9.20. The Kier molecular flexibility index (Phi) is 3.33. The highest BCUT2D eigenvalue weighted by Crippen LogP contribution is 2.21. The van der Waals surface area contributed by atoms with Crippen LogP contribution in [0.25, 0.3) is 4.48 Å². The first-order valence-electron chi connectivity index (χ1n) is 3.25. The van der Waals surface area contributed by atoms with Gasteiger partial charge in [0.1, 0.15) is 0 Å². The molecule has 0 aliphatic rings. The van der Waals surface area contributed by atoms with E-state index in [4.69, 9.17) is 16.9 Å². The van der Waals surface area contributed by atoms with Crippen LogP contribution in [0.1, 0.15) is 5.56 Å². The first kappa shape index (κ1) is 9.31. The van der Waals surface area contributed by atoms with Gasteiger partial charge >= 0.3 is 0 Å². The molecule has 0 atom stereocenters. The highest BCUT2D eigenvalue weighted by Gasteiger charge is 1.95. The monoisotopic (exact) mass is 241 g/mol. The van der Waals surface area contributed by atoms with Gasteiger partial charge in [0.25, 0.3) is 0 Å². The van der Waals surface area contributed by atoms with E-state index >= 15 is 0 Å². The molecule has 12 heavy (non-hydrogen) atoms. The molecule has 0 heterocycles. The molecule has 0 radical (unpaired) electrons. The summed E-state index contributed by atoms with van der Waals surface area (Å²) in [5.41, 5.74) is 0.945. The summed E-state index contributed by atoms with van der Waals surface area (Å²) in [5.74, 6) is 0. The van der Waals surface area contributed by atoms with Gasteiger partial charge in [0.2, 0.25) is 0 Å². The third-order valence-corrected chi connectivity index (χ3v) is 2.25. The standard InChI is InChI=1S/C9H5BrClN/c10-9(5-6-12)7-1-3-8(11)4-2-7/h1-5H/b9-5-. The zero-order valence-electron chi connectivity index (χ0n) is 6.09. The lowest BCUT2D eigenvalue weighted by Crippen LogP contribution is -1.74. The molecule has 0 N–H and O–H groups in total. The van der Waals surface area contributed by atoms with E-state index in [1.807, 2.05) is 18.2 Å². The molecule has 0 saturated carbocycles. The van der Waals surface area contributed by atoms with Crippen molar-refractivity contribution in [3.63, 3.8) is 0 Å². The molecule has 0 amide bonds. The molecule has 0 aliphatic heterocycles. The fourth-order valence-corrected chi connectivity index (χ4v) is 1.24. The van der Waals surface area contributed by atoms with E-state index in [-0.39, 0.29) is 0 Å². The zero-order valence-corrected chi connectivity index (χ0v) is 8.43. The van der Waals surface area contributed by atoms with Gasteiger partial charge in [-0.2, -0.15) is 5.26 Å². The number of halogens is 2. The molecule has 0 unspecified atom stereocenters. The van der Waals surface area contributed by atoms with Crippen LogP contribution in [0.3, 0.4) is 0 Å². The average Bonchev–Trinajstić information content (AvgIpc) is 2.06. The summed E-state index contributed by atoms with van der Waals surface area (Å²) in [6.07, 6.45) is 1.43. The Hall–Kier alpha value is -0.780. The van der Waals surface area contributed by atoms with Crippen LogP contribution in [-0.2, 0) is 0 Å². The lowest BCUT2D eigenvalue weighted by atomic mass is 10.2. The van der Waals surface area contributed by atoms with Crippen molar-refractivity contribution >= 4 is 32.0 Å². The minimum Gasteiger partial charge on any atom is -0.193 e. The van der Waals surface area contributed by atoms with Crippen molar-refractivity contribution in [1.29, 1.82) is 5.26 Å². The highest BCUT2D eigenvalue weighted by atomic mass is 79.9. The number of rotatable bonds is 1. The maximum absolute atomic E-state index is 8.37. The van der Waals surface area contributed by atoms with Gasteiger partial charge in [-0.05, 0) is 33.6 Å². The molecule has 3 heteroatoms. The van der Waals surface area contributed by atoms with Crippen LogP contribution in [0.15, 0.2) is 30.3 Å². The summed E-state index contributed by atoms with van der Waals surface area (Å²) < 4.78 is 0.765. The van der Waals surface area contributed by atoms with Gasteiger partial charge in [-0.25, -0.2) is 0 Å². The summed E-state index contributed by atoms with van der Waals surface area (Å²) in [6.45, 7) is 0. The quantitative estimate of drug-likeness (QED) is 0.690. The predicted octanol–water partition coefficient (Wildman–Crippen LogP) is 3.60. The van der Waals surface area contributed by atoms with E-state index in [0.29, 0.717) is 5.02 Å². The molecule has 0 spiro atoms. The van der Waals surface area contributed by atoms with Crippen molar-refractivity contribution in [2.24, 2.45) is 0 Å². The molecule has 0 bridgehead atoms. The Morgan fingerprint density at radius 2 is 2.00 bits per heavy atom. The molecule has 0 fully saturated rings. The highest BCUT2D eigenvalue weighted by molar-refractivity contribution is 9.15. The van der Waals surface area contributed by atoms with Gasteiger partial charge in [0.15, 0.2) is 0 Å². The van der Waals surface area contributed by atoms with E-state index in [2.05, 4.69) is 15.9 Å². The van der Waals surface area contributed by atoms with Crippen LogP contribution < -0.4 is 0 Å². The van der Waals surface area contributed by atoms with Crippen molar-refractivity contribution in [3.8, 4) is 6.07 Å². The number of hydrogen-bond donors (Lipinski definition) is 0. The molecule has 1 rings (SSSR count). The van der Waals surface area contributed by atoms with Crippen LogP contribution in [-0.4, -0.2) is 0 Å². The van der Waals surface area contributed by atoms with E-state index in [1.165, 1.54) is 6.08 Å². The van der Waals surface area contributed by atoms with Crippen LogP contribution in [0.2, 0.25) is 5.02 Å². The second-order valence-corrected chi connectivity index (χ2v) is 3.42. The van der Waals surface area contributed by atoms with Gasteiger partial charge in [0.05, 0.1) is 6.07 Å². The lowest BCUT2D eigenvalue weighted by Gasteiger charge is -1.96. The van der Waals surface area contributed by atoms with Crippen molar-refractivity contribution in [3.05, 3.63) is 40.9 Å². The zero-order chi connectivity index (χ0) is 8.97. The molecule has 60 valence electrons. The van der Waals surface area contributed by atoms with Crippen LogP contribution in [0.5, 0.6) is 0 Å². The number of allylic oxidation sites excluding steroid dienone is 1. The fourth-order valence-electron chi connectivity index (χ4n) is 0.749. The third kappa shape index (κ3) is 2.37. The Labute approximate surface area is 84.4 Å². The lowest BCUT2D eigenvalue weighted by molar-refractivity contribution is 1.53. The Bertz CT molecular complexity index is 335. The van der Waals surface area contributed by atoms with E-state index in [1.54, 1.807) is 12.1 Å². The normalized spacial score (nSPS) is 10.9. The van der Waals surface area contributed by atoms with Crippen molar-refractivity contribution < 1.29 is 0 Å². The predicted molar refractivity (Wildman–Crippen MR) is 54.0 cm³/mol. The second-order valence-electron chi connectivity index (χ2n) is 2.13. The maximum Gasteiger partial charge on any atom is 0.0924 e. The number of nitriles is 1. The van der Waals surface area contributed by atoms with Crippen LogP contribution >= 0.6 is 27.5 Å². The third-order valence-electron chi connectivity index (χ3n) is 1.31. The topological polar surface area (TPSA) is 23.8 Å². The number of nitrogens with zero attached hydrogens (tertiary/aromatic N) is 1. The molecule has 1 nitrogen and oxygen atoms in total. The Morgan fingerprint density at radius 3 is 2.50 bits per heavy atom. The van der Waals surface area contributed by atoms with Crippen molar-refractivity contribution in [2.45, 2.75) is 0 Å². The molecule has 0 aromatic heterocycles. The summed E-state index contributed by atoms with van der Waals surface area (Å²) >= 11 is 8.96. The number of hydrogen-bond acceptors (Lipinski definition) is 1. The largest absolute Gasteiger partial charge is 0.193 e. The second kappa shape index (κ2) is 4.30. The van der Waals surface area contributed by atoms with Crippen LogP contribution in [0, 0.1) is 11.3 Å². The minimum absolute atomic E-state index is 0.691. The van der Waals surface area contributed by atoms with Gasteiger partial charge in [-0.15, -0.1) is 0 Å². The molecule has 0 aliphatic carbocycles. The van der Waals surface area contributed by atoms with E-state index < -0.39 is 0 Å². The van der Waals surface area contributed by atoms with Crippen molar-refractivity contribution in [1.82, 2.24) is 0 Å². The fraction of sp³-hybridized carbons (Fsp3) is 0. The van der Waals surface area contributed by atoms with Gasteiger partial charge < -0.3 is 0 Å². The van der Waals surface area contributed by atoms with Gasteiger partial charge in [-0.1, -0.05) is 23.7 Å². The molecule has 0 saturated heterocycles. The smallest absolute Gasteiger partial charge is 0.0924 e. The van der Waals surface area contributed by atoms with Gasteiger partial charge in [0, 0.05) is 15.6 Å². The first-order valence-corrected chi connectivity index (χ1v) is 4.42. The SMILES string of the molecule is N#C/C=C(\Br)c1ccc(Cl)cc1. The van der Waals surface area contributed by atoms with Crippen molar-refractivity contribution in [2.75, 3.05) is 0 Å². The Morgan fingerprint density at radius 1 is 1.42 bits per heavy atom. The van der Waals surface area contributed by atoms with Crippen LogP contribution in [0.4, 0.5) is 0 Å². The van der Waals surface area contributed by atoms with E-state index in [9.17, 15) is 0 Å².